The number of carbonyl (C=O) groups excluding carboxylic acids is 1. The van der Waals surface area contributed by atoms with Crippen molar-refractivity contribution in [2.75, 3.05) is 40.3 Å². The summed E-state index contributed by atoms with van der Waals surface area (Å²) < 4.78 is 6.76. The van der Waals surface area contributed by atoms with Crippen LogP contribution in [-0.2, 0) is 4.79 Å². The van der Waals surface area contributed by atoms with Crippen molar-refractivity contribution in [3.8, 4) is 5.75 Å². The van der Waals surface area contributed by atoms with Crippen LogP contribution in [0.4, 0.5) is 0 Å². The smallest absolute Gasteiger partial charge is 0.275 e. The van der Waals surface area contributed by atoms with Gasteiger partial charge in [0.1, 0.15) is 5.75 Å². The zero-order valence-corrected chi connectivity index (χ0v) is 21.8. The van der Waals surface area contributed by atoms with E-state index in [2.05, 4.69) is 65.3 Å². The van der Waals surface area contributed by atoms with Crippen molar-refractivity contribution < 1.29 is 31.0 Å². The van der Waals surface area contributed by atoms with E-state index < -0.39 is 0 Å². The van der Waals surface area contributed by atoms with Crippen molar-refractivity contribution in [2.45, 2.75) is 78.6 Å². The molecule has 0 saturated heterocycles. The summed E-state index contributed by atoms with van der Waals surface area (Å²) in [5.74, 6) is 1.68. The van der Waals surface area contributed by atoms with Crippen LogP contribution in [0.25, 0.3) is 0 Å². The number of hydrogen-bond acceptors (Lipinski definition) is 2. The average Bonchev–Trinajstić information content (AvgIpc) is 2.65. The van der Waals surface area contributed by atoms with Gasteiger partial charge in [0.15, 0.2) is 6.54 Å². The number of amides is 1. The molecule has 0 spiro atoms. The molecule has 4 nitrogen and oxygen atoms in total. The highest BCUT2D eigenvalue weighted by Gasteiger charge is 2.19. The first-order valence-corrected chi connectivity index (χ1v) is 11.6. The Hall–Kier alpha value is -1.07. The zero-order valence-electron chi connectivity index (χ0n) is 20.2. The molecule has 174 valence electrons. The Morgan fingerprint density at radius 3 is 2.43 bits per heavy atom. The lowest BCUT2D eigenvalue weighted by molar-refractivity contribution is -0.882. The highest BCUT2D eigenvalue weighted by molar-refractivity contribution is 5.76. The molecule has 0 atom stereocenters. The Morgan fingerprint density at radius 2 is 1.77 bits per heavy atom. The molecule has 0 saturated carbocycles. The summed E-state index contributed by atoms with van der Waals surface area (Å²) in [7, 11) is 4.27. The second-order valence-electron chi connectivity index (χ2n) is 9.32. The Labute approximate surface area is 196 Å². The third-order valence-electron chi connectivity index (χ3n) is 5.47. The maximum Gasteiger partial charge on any atom is 0.275 e. The minimum absolute atomic E-state index is 0. The number of nitrogens with one attached hydrogen (secondary N) is 1. The first-order chi connectivity index (χ1) is 13.7. The molecule has 0 aliphatic rings. The van der Waals surface area contributed by atoms with Crippen molar-refractivity contribution in [1.29, 1.82) is 0 Å². The van der Waals surface area contributed by atoms with Gasteiger partial charge in [0.25, 0.3) is 5.91 Å². The van der Waals surface area contributed by atoms with Crippen molar-refractivity contribution >= 4 is 5.91 Å². The molecule has 0 radical (unpaired) electrons. The van der Waals surface area contributed by atoms with Gasteiger partial charge in [0.05, 0.1) is 27.2 Å². The van der Waals surface area contributed by atoms with Crippen molar-refractivity contribution in [3.05, 3.63) is 29.3 Å². The summed E-state index contributed by atoms with van der Waals surface area (Å²) in [6, 6.07) is 6.50. The summed E-state index contributed by atoms with van der Waals surface area (Å²) in [5.41, 5.74) is 2.51. The van der Waals surface area contributed by atoms with Gasteiger partial charge in [-0.1, -0.05) is 58.6 Å². The number of carbonyl (C=O) groups is 1. The maximum atomic E-state index is 12.2. The highest BCUT2D eigenvalue weighted by Crippen LogP contribution is 2.24. The third-order valence-corrected chi connectivity index (χ3v) is 5.47. The fourth-order valence-corrected chi connectivity index (χ4v) is 3.44. The molecule has 5 heteroatoms. The van der Waals surface area contributed by atoms with E-state index in [0.717, 1.165) is 49.2 Å². The normalized spacial score (nSPS) is 11.3. The summed E-state index contributed by atoms with van der Waals surface area (Å²) in [6.07, 6.45) is 8.20. The van der Waals surface area contributed by atoms with Gasteiger partial charge >= 0.3 is 0 Å². The third kappa shape index (κ3) is 12.6. The van der Waals surface area contributed by atoms with E-state index in [0.29, 0.717) is 12.5 Å². The number of halogens is 1. The molecular formula is C25H45BrN2O2. The average molecular weight is 486 g/mol. The number of nitrogens with zero attached hydrogens (tertiary/aromatic N) is 1. The van der Waals surface area contributed by atoms with Gasteiger partial charge in [-0.25, -0.2) is 0 Å². The van der Waals surface area contributed by atoms with E-state index in [1.54, 1.807) is 0 Å². The number of hydrogen-bond donors (Lipinski definition) is 1. The van der Waals surface area contributed by atoms with Gasteiger partial charge in [0.2, 0.25) is 0 Å². The minimum atomic E-state index is 0. The lowest BCUT2D eigenvalue weighted by Gasteiger charge is -2.29. The van der Waals surface area contributed by atoms with Crippen LogP contribution in [0, 0.1) is 6.92 Å². The molecule has 1 amide bonds. The topological polar surface area (TPSA) is 38.3 Å². The molecule has 0 aliphatic heterocycles. The van der Waals surface area contributed by atoms with Crippen molar-refractivity contribution in [1.82, 2.24) is 5.32 Å². The van der Waals surface area contributed by atoms with Gasteiger partial charge in [-0.05, 0) is 49.3 Å². The predicted molar refractivity (Wildman–Crippen MR) is 124 cm³/mol. The number of rotatable bonds is 15. The summed E-state index contributed by atoms with van der Waals surface area (Å²) in [4.78, 5) is 12.2. The van der Waals surface area contributed by atoms with E-state index in [4.69, 9.17) is 4.74 Å². The molecule has 1 rings (SSSR count). The number of aryl methyl sites for hydroxylation is 1. The molecule has 0 bridgehead atoms. The van der Waals surface area contributed by atoms with E-state index in [-0.39, 0.29) is 22.9 Å². The van der Waals surface area contributed by atoms with Crippen LogP contribution in [0.1, 0.15) is 82.8 Å². The molecule has 0 fully saturated rings. The number of ether oxygens (including phenoxy) is 1. The fraction of sp³-hybridized carbons (Fsp3) is 0.720. The molecule has 0 unspecified atom stereocenters. The summed E-state index contributed by atoms with van der Waals surface area (Å²) in [6.45, 7) is 11.8. The highest BCUT2D eigenvalue weighted by atomic mass is 79.9. The Bertz CT molecular complexity index is 603. The molecule has 0 heterocycles. The maximum absolute atomic E-state index is 12.2. The number of unbranched alkanes of at least 4 members (excludes halogenated alkanes) is 5. The lowest BCUT2D eigenvalue weighted by Crippen LogP contribution is -3.00. The van der Waals surface area contributed by atoms with Gasteiger partial charge < -0.3 is 31.5 Å². The van der Waals surface area contributed by atoms with Crippen LogP contribution in [0.15, 0.2) is 18.2 Å². The van der Waals surface area contributed by atoms with E-state index >= 15 is 0 Å². The largest absolute Gasteiger partial charge is 1.00 e. The fourth-order valence-electron chi connectivity index (χ4n) is 3.44. The summed E-state index contributed by atoms with van der Waals surface area (Å²) in [5, 5.41) is 3.08. The van der Waals surface area contributed by atoms with Gasteiger partial charge in [-0.3, -0.25) is 4.79 Å². The minimum Gasteiger partial charge on any atom is -1.00 e. The van der Waals surface area contributed by atoms with Crippen LogP contribution < -0.4 is 27.0 Å². The first kappa shape index (κ1) is 28.9. The molecular weight excluding hydrogens is 440 g/mol. The van der Waals surface area contributed by atoms with Gasteiger partial charge in [0, 0.05) is 6.54 Å². The molecule has 0 aliphatic carbocycles. The van der Waals surface area contributed by atoms with Crippen LogP contribution in [0.3, 0.4) is 0 Å². The number of quaternary nitrogens is 1. The van der Waals surface area contributed by atoms with E-state index in [1.165, 1.54) is 36.8 Å². The lowest BCUT2D eigenvalue weighted by atomic mass is 10.0. The van der Waals surface area contributed by atoms with E-state index in [1.807, 2.05) is 0 Å². The standard InChI is InChI=1S/C25H44N2O2.BrH/c1-7-8-9-10-11-16-26-25(28)20-27(5,6)17-12-13-18-29-24-19-23(21(2)3)15-14-22(24)4;/h14-15,19,21H,7-13,16-18,20H2,1-6H3;1H. The first-order valence-electron chi connectivity index (χ1n) is 11.6. The SMILES string of the molecule is CCCCCCCNC(=O)C[N+](C)(C)CCCCOc1cc(C(C)C)ccc1C.[Br-]. The number of benzene rings is 1. The van der Waals surface area contributed by atoms with Crippen LogP contribution >= 0.6 is 0 Å². The van der Waals surface area contributed by atoms with E-state index in [9.17, 15) is 4.79 Å². The molecule has 1 aromatic rings. The molecule has 0 aromatic heterocycles. The molecule has 1 aromatic carbocycles. The Morgan fingerprint density at radius 1 is 1.07 bits per heavy atom. The van der Waals surface area contributed by atoms with Gasteiger partial charge in [-0.2, -0.15) is 0 Å². The molecule has 30 heavy (non-hydrogen) atoms. The number of likely N-dealkylation sites (N-methyl/N-ethyl adjacent to an activating group) is 1. The Kier molecular flexibility index (Phi) is 15.1. The van der Waals surface area contributed by atoms with Crippen LogP contribution in [-0.4, -0.2) is 50.7 Å². The molecule has 1 N–H and O–H groups in total. The second-order valence-corrected chi connectivity index (χ2v) is 9.32. The van der Waals surface area contributed by atoms with Gasteiger partial charge in [-0.15, -0.1) is 0 Å². The van der Waals surface area contributed by atoms with Crippen molar-refractivity contribution in [3.63, 3.8) is 0 Å². The zero-order chi connectivity index (χ0) is 21.7. The predicted octanol–water partition coefficient (Wildman–Crippen LogP) is 2.44. The van der Waals surface area contributed by atoms with Crippen LogP contribution in [0.2, 0.25) is 0 Å². The summed E-state index contributed by atoms with van der Waals surface area (Å²) >= 11 is 0. The second kappa shape index (κ2) is 15.7. The quantitative estimate of drug-likeness (QED) is 0.306. The van der Waals surface area contributed by atoms with Crippen LogP contribution in [0.5, 0.6) is 5.75 Å². The van der Waals surface area contributed by atoms with Crippen molar-refractivity contribution in [2.24, 2.45) is 0 Å². The Balaban J connectivity index is 0.00000841. The monoisotopic (exact) mass is 484 g/mol.